The number of rotatable bonds is 5. The highest BCUT2D eigenvalue weighted by Crippen LogP contribution is 2.71. The first-order valence-electron chi connectivity index (χ1n) is 13.4. The van der Waals surface area contributed by atoms with Crippen molar-refractivity contribution in [1.82, 2.24) is 0 Å². The SMILES string of the molecule is CC(C)CCC[C@@H](C)[C@H]1CC[C@@]2(C)C3=C(CC[C@]12C)[C@@]1(C)CCC(Cl)[C@@H](C)[C@@H]1CC3. The van der Waals surface area contributed by atoms with Crippen molar-refractivity contribution in [2.45, 2.75) is 124 Å². The van der Waals surface area contributed by atoms with Crippen molar-refractivity contribution in [2.75, 3.05) is 0 Å². The maximum Gasteiger partial charge on any atom is 0.0364 e. The lowest BCUT2D eigenvalue weighted by Crippen LogP contribution is -2.51. The third kappa shape index (κ3) is 3.36. The molecule has 0 radical (unpaired) electrons. The van der Waals surface area contributed by atoms with E-state index in [-0.39, 0.29) is 0 Å². The van der Waals surface area contributed by atoms with Gasteiger partial charge in [0.1, 0.15) is 0 Å². The van der Waals surface area contributed by atoms with Gasteiger partial charge in [0.15, 0.2) is 0 Å². The Bertz CT molecular complexity index is 676. The van der Waals surface area contributed by atoms with Crippen LogP contribution >= 0.6 is 11.6 Å². The highest BCUT2D eigenvalue weighted by molar-refractivity contribution is 6.20. The number of fused-ring (bicyclic) bond motifs is 4. The molecule has 0 spiro atoms. The van der Waals surface area contributed by atoms with E-state index in [2.05, 4.69) is 48.5 Å². The van der Waals surface area contributed by atoms with Crippen LogP contribution in [0.1, 0.15) is 119 Å². The van der Waals surface area contributed by atoms with Gasteiger partial charge in [0.25, 0.3) is 0 Å². The molecule has 2 fully saturated rings. The molecule has 4 rings (SSSR count). The molecule has 172 valence electrons. The molecule has 0 aliphatic heterocycles. The predicted molar refractivity (Wildman–Crippen MR) is 132 cm³/mol. The number of halogens is 1. The normalized spacial score (nSPS) is 47.1. The highest BCUT2D eigenvalue weighted by atomic mass is 35.5. The van der Waals surface area contributed by atoms with Crippen molar-refractivity contribution in [3.63, 3.8) is 0 Å². The van der Waals surface area contributed by atoms with E-state index in [0.29, 0.717) is 27.5 Å². The van der Waals surface area contributed by atoms with Crippen LogP contribution in [-0.4, -0.2) is 5.38 Å². The fourth-order valence-electron chi connectivity index (χ4n) is 9.28. The molecular formula is C29H49Cl. The molecule has 0 aromatic heterocycles. The molecule has 0 bridgehead atoms. The Morgan fingerprint density at radius 3 is 2.33 bits per heavy atom. The molecule has 1 heteroatoms. The molecule has 0 saturated heterocycles. The van der Waals surface area contributed by atoms with Crippen LogP contribution in [0.5, 0.6) is 0 Å². The lowest BCUT2D eigenvalue weighted by molar-refractivity contribution is 0.00938. The summed E-state index contributed by atoms with van der Waals surface area (Å²) in [6.07, 6.45) is 15.3. The van der Waals surface area contributed by atoms with Crippen LogP contribution < -0.4 is 0 Å². The van der Waals surface area contributed by atoms with Crippen LogP contribution in [-0.2, 0) is 0 Å². The minimum absolute atomic E-state index is 0.400. The van der Waals surface area contributed by atoms with E-state index in [1.54, 1.807) is 0 Å². The van der Waals surface area contributed by atoms with Gasteiger partial charge in [-0.2, -0.15) is 0 Å². The average molecular weight is 433 g/mol. The molecule has 0 N–H and O–H groups in total. The van der Waals surface area contributed by atoms with E-state index in [0.717, 1.165) is 23.7 Å². The number of allylic oxidation sites excluding steroid dienone is 2. The fraction of sp³-hybridized carbons (Fsp3) is 0.931. The zero-order valence-corrected chi connectivity index (χ0v) is 21.9. The Morgan fingerprint density at radius 1 is 0.900 bits per heavy atom. The Kier molecular flexibility index (Phi) is 6.27. The molecule has 8 atom stereocenters. The van der Waals surface area contributed by atoms with Crippen LogP contribution in [0.4, 0.5) is 0 Å². The van der Waals surface area contributed by atoms with E-state index in [9.17, 15) is 0 Å². The second kappa shape index (κ2) is 8.11. The molecule has 0 heterocycles. The zero-order valence-electron chi connectivity index (χ0n) is 21.1. The van der Waals surface area contributed by atoms with Crippen molar-refractivity contribution >= 4 is 11.6 Å². The van der Waals surface area contributed by atoms with E-state index < -0.39 is 0 Å². The zero-order chi connectivity index (χ0) is 21.9. The third-order valence-corrected chi connectivity index (χ3v) is 12.1. The maximum atomic E-state index is 6.76. The van der Waals surface area contributed by atoms with E-state index in [1.165, 1.54) is 70.6 Å². The largest absolute Gasteiger partial charge is 0.123 e. The molecular weight excluding hydrogens is 384 g/mol. The Balaban J connectivity index is 1.60. The van der Waals surface area contributed by atoms with Gasteiger partial charge < -0.3 is 0 Å². The second-order valence-corrected chi connectivity index (χ2v) is 13.7. The number of alkyl halides is 1. The summed E-state index contributed by atoms with van der Waals surface area (Å²) >= 11 is 6.76. The summed E-state index contributed by atoms with van der Waals surface area (Å²) in [5.74, 6) is 4.15. The predicted octanol–water partition coefficient (Wildman–Crippen LogP) is 9.42. The van der Waals surface area contributed by atoms with Gasteiger partial charge in [-0.15, -0.1) is 11.6 Å². The van der Waals surface area contributed by atoms with E-state index in [1.807, 2.05) is 11.1 Å². The van der Waals surface area contributed by atoms with Gasteiger partial charge >= 0.3 is 0 Å². The molecule has 0 aromatic carbocycles. The van der Waals surface area contributed by atoms with Crippen molar-refractivity contribution in [1.29, 1.82) is 0 Å². The molecule has 4 aliphatic carbocycles. The van der Waals surface area contributed by atoms with Crippen LogP contribution in [0.15, 0.2) is 11.1 Å². The molecule has 2 saturated carbocycles. The van der Waals surface area contributed by atoms with Gasteiger partial charge in [-0.1, -0.05) is 78.9 Å². The van der Waals surface area contributed by atoms with Crippen molar-refractivity contribution in [3.05, 3.63) is 11.1 Å². The van der Waals surface area contributed by atoms with Crippen LogP contribution in [0.25, 0.3) is 0 Å². The van der Waals surface area contributed by atoms with E-state index in [4.69, 9.17) is 11.6 Å². The van der Waals surface area contributed by atoms with Crippen molar-refractivity contribution in [3.8, 4) is 0 Å². The summed E-state index contributed by atoms with van der Waals surface area (Å²) in [4.78, 5) is 0. The second-order valence-electron chi connectivity index (χ2n) is 13.1. The average Bonchev–Trinajstić information content (AvgIpc) is 2.96. The molecule has 0 nitrogen and oxygen atoms in total. The lowest BCUT2D eigenvalue weighted by Gasteiger charge is -2.60. The number of hydrogen-bond donors (Lipinski definition) is 0. The molecule has 4 aliphatic rings. The van der Waals surface area contributed by atoms with Crippen molar-refractivity contribution < 1.29 is 0 Å². The van der Waals surface area contributed by atoms with Gasteiger partial charge in [0, 0.05) is 5.38 Å². The van der Waals surface area contributed by atoms with Crippen molar-refractivity contribution in [2.24, 2.45) is 45.8 Å². The summed E-state index contributed by atoms with van der Waals surface area (Å²) in [7, 11) is 0. The van der Waals surface area contributed by atoms with Crippen LogP contribution in [0, 0.1) is 45.8 Å². The molecule has 30 heavy (non-hydrogen) atoms. The Labute approximate surface area is 193 Å². The maximum absolute atomic E-state index is 6.76. The summed E-state index contributed by atoms with van der Waals surface area (Å²) in [6.45, 7) is 17.8. The monoisotopic (exact) mass is 432 g/mol. The first-order valence-corrected chi connectivity index (χ1v) is 13.9. The van der Waals surface area contributed by atoms with E-state index >= 15 is 0 Å². The fourth-order valence-corrected chi connectivity index (χ4v) is 9.56. The van der Waals surface area contributed by atoms with Gasteiger partial charge in [-0.3, -0.25) is 0 Å². The van der Waals surface area contributed by atoms with Gasteiger partial charge in [0.05, 0.1) is 0 Å². The van der Waals surface area contributed by atoms with Gasteiger partial charge in [0.2, 0.25) is 0 Å². The molecule has 0 aromatic rings. The first kappa shape index (κ1) is 23.2. The summed E-state index contributed by atoms with van der Waals surface area (Å²) < 4.78 is 0. The standard InChI is InChI=1S/C29H49Cl/c1-19(2)9-8-10-20(3)22-13-17-29(7)25-12-11-23-21(4)26(30)15-16-27(23,5)24(25)14-18-28(22,29)6/h19-23,26H,8-18H2,1-7H3/t20-,21+,22-,23+,26?,27+,28-,29+/m1/s1. The minimum atomic E-state index is 0.400. The summed E-state index contributed by atoms with van der Waals surface area (Å²) in [5.41, 5.74) is 5.26. The third-order valence-electron chi connectivity index (χ3n) is 11.4. The van der Waals surface area contributed by atoms with Gasteiger partial charge in [-0.05, 0) is 97.2 Å². The topological polar surface area (TPSA) is 0 Å². The number of hydrogen-bond acceptors (Lipinski definition) is 0. The smallest absolute Gasteiger partial charge is 0.0364 e. The first-order chi connectivity index (χ1) is 14.0. The Morgan fingerprint density at radius 2 is 1.63 bits per heavy atom. The summed E-state index contributed by atoms with van der Waals surface area (Å²) in [6, 6.07) is 0. The van der Waals surface area contributed by atoms with Crippen LogP contribution in [0.3, 0.4) is 0 Å². The van der Waals surface area contributed by atoms with Crippen LogP contribution in [0.2, 0.25) is 0 Å². The minimum Gasteiger partial charge on any atom is -0.123 e. The lowest BCUT2D eigenvalue weighted by atomic mass is 9.45. The Hall–Kier alpha value is 0.0300. The summed E-state index contributed by atoms with van der Waals surface area (Å²) in [5, 5.41) is 0.400. The molecule has 1 unspecified atom stereocenters. The quantitative estimate of drug-likeness (QED) is 0.299. The molecule has 0 amide bonds. The van der Waals surface area contributed by atoms with Gasteiger partial charge in [-0.25, -0.2) is 0 Å². The highest BCUT2D eigenvalue weighted by Gasteiger charge is 2.61.